The fraction of sp³-hybridized carbons (Fsp3) is 0.357. The minimum atomic E-state index is -0.172. The van der Waals surface area contributed by atoms with E-state index in [1.165, 1.54) is 33.5 Å². The third-order valence-corrected chi connectivity index (χ3v) is 7.53. The Kier molecular flexibility index (Phi) is 5.00. The van der Waals surface area contributed by atoms with Gasteiger partial charge < -0.3 is 9.72 Å². The molecule has 164 valence electrons. The Hall–Kier alpha value is -2.69. The van der Waals surface area contributed by atoms with E-state index in [9.17, 15) is 4.39 Å². The minimum absolute atomic E-state index is 0.172. The van der Waals surface area contributed by atoms with Crippen LogP contribution in [0.4, 0.5) is 4.39 Å². The number of H-pyrrole nitrogens is 1. The van der Waals surface area contributed by atoms with Crippen LogP contribution in [0.3, 0.4) is 0 Å². The van der Waals surface area contributed by atoms with Gasteiger partial charge in [-0.2, -0.15) is 0 Å². The maximum absolute atomic E-state index is 14.0. The molecular formula is C28H29FN2O. The predicted molar refractivity (Wildman–Crippen MR) is 127 cm³/mol. The van der Waals surface area contributed by atoms with Crippen molar-refractivity contribution in [1.82, 2.24) is 9.88 Å². The molecule has 0 radical (unpaired) electrons. The van der Waals surface area contributed by atoms with Crippen LogP contribution in [0.1, 0.15) is 35.4 Å². The number of halogens is 1. The van der Waals surface area contributed by atoms with E-state index in [2.05, 4.69) is 59.4 Å². The first kappa shape index (κ1) is 20.0. The molecule has 6 rings (SSSR count). The number of ether oxygens (including phenoxy) is 1. The molecule has 3 heterocycles. The molecule has 2 saturated heterocycles. The molecule has 2 aliphatic heterocycles. The Balaban J connectivity index is 1.21. The first-order valence-corrected chi connectivity index (χ1v) is 11.7. The Bertz CT molecular complexity index is 1260. The zero-order valence-corrected chi connectivity index (χ0v) is 18.5. The highest BCUT2D eigenvalue weighted by molar-refractivity contribution is 5.88. The molecule has 3 nitrogen and oxygen atoms in total. The standard InChI is InChI=1S/C28H29FN2O/c1-18-4-2-5-19-6-3-7-21(27(18)19)16-31-12-10-20(11-13-31)28(26-17-32-26)24-15-30-25-9-8-22(29)14-23(24)25/h2-9,14-15,20,26,28,30H,10-13,16-17H2,1H3. The molecule has 0 bridgehead atoms. The van der Waals surface area contributed by atoms with E-state index in [0.29, 0.717) is 11.8 Å². The van der Waals surface area contributed by atoms with Crippen LogP contribution in [0.2, 0.25) is 0 Å². The first-order chi connectivity index (χ1) is 15.7. The van der Waals surface area contributed by atoms with Crippen molar-refractivity contribution < 1.29 is 9.13 Å². The van der Waals surface area contributed by atoms with Gasteiger partial charge in [0.25, 0.3) is 0 Å². The number of piperidine rings is 1. The monoisotopic (exact) mass is 428 g/mol. The highest BCUT2D eigenvalue weighted by atomic mass is 19.1. The largest absolute Gasteiger partial charge is 0.372 e. The number of epoxide rings is 1. The highest BCUT2D eigenvalue weighted by Gasteiger charge is 2.41. The topological polar surface area (TPSA) is 31.6 Å². The van der Waals surface area contributed by atoms with Gasteiger partial charge in [0.2, 0.25) is 0 Å². The number of fused-ring (bicyclic) bond motifs is 2. The van der Waals surface area contributed by atoms with Gasteiger partial charge >= 0.3 is 0 Å². The molecule has 1 aromatic heterocycles. The Morgan fingerprint density at radius 1 is 1.09 bits per heavy atom. The van der Waals surface area contributed by atoms with Crippen LogP contribution in [0.5, 0.6) is 0 Å². The SMILES string of the molecule is Cc1cccc2cccc(CN3CCC(C(c4c[nH]c5ccc(F)cc45)C4CO4)CC3)c12. The number of nitrogens with zero attached hydrogens (tertiary/aromatic N) is 1. The van der Waals surface area contributed by atoms with E-state index >= 15 is 0 Å². The van der Waals surface area contributed by atoms with Crippen LogP contribution in [-0.2, 0) is 11.3 Å². The summed E-state index contributed by atoms with van der Waals surface area (Å²) in [7, 11) is 0. The molecule has 2 unspecified atom stereocenters. The van der Waals surface area contributed by atoms with Gasteiger partial charge in [0.1, 0.15) is 5.82 Å². The number of nitrogens with one attached hydrogen (secondary N) is 1. The number of hydrogen-bond acceptors (Lipinski definition) is 2. The predicted octanol–water partition coefficient (Wildman–Crippen LogP) is 6.16. The van der Waals surface area contributed by atoms with Crippen molar-refractivity contribution in [2.24, 2.45) is 5.92 Å². The average molecular weight is 429 g/mol. The second kappa shape index (κ2) is 8.02. The second-order valence-electron chi connectivity index (χ2n) is 9.54. The molecule has 4 heteroatoms. The zero-order chi connectivity index (χ0) is 21.7. The van der Waals surface area contributed by atoms with Crippen LogP contribution in [0.15, 0.2) is 60.8 Å². The van der Waals surface area contributed by atoms with Gasteiger partial charge in [-0.1, -0.05) is 36.4 Å². The van der Waals surface area contributed by atoms with E-state index < -0.39 is 0 Å². The molecule has 3 aromatic carbocycles. The molecule has 0 spiro atoms. The van der Waals surface area contributed by atoms with Crippen LogP contribution >= 0.6 is 0 Å². The molecule has 0 saturated carbocycles. The third kappa shape index (κ3) is 3.62. The first-order valence-electron chi connectivity index (χ1n) is 11.7. The lowest BCUT2D eigenvalue weighted by molar-refractivity contribution is 0.152. The number of aryl methyl sites for hydroxylation is 1. The molecule has 2 aliphatic rings. The summed E-state index contributed by atoms with van der Waals surface area (Å²) in [6.07, 6.45) is 4.66. The van der Waals surface area contributed by atoms with Crippen LogP contribution in [0, 0.1) is 18.7 Å². The van der Waals surface area contributed by atoms with Gasteiger partial charge in [-0.25, -0.2) is 4.39 Å². The number of aromatic nitrogens is 1. The van der Waals surface area contributed by atoms with Gasteiger partial charge in [0.05, 0.1) is 12.7 Å². The van der Waals surface area contributed by atoms with Crippen LogP contribution in [-0.4, -0.2) is 35.7 Å². The molecule has 4 aromatic rings. The van der Waals surface area contributed by atoms with Gasteiger partial charge in [-0.05, 0) is 84.4 Å². The normalized spacial score (nSPS) is 20.8. The van der Waals surface area contributed by atoms with Gasteiger partial charge in [-0.15, -0.1) is 0 Å². The third-order valence-electron chi connectivity index (χ3n) is 7.53. The maximum atomic E-state index is 14.0. The Morgan fingerprint density at radius 3 is 2.66 bits per heavy atom. The average Bonchev–Trinajstić information content (AvgIpc) is 3.56. The summed E-state index contributed by atoms with van der Waals surface area (Å²) in [4.78, 5) is 5.94. The quantitative estimate of drug-likeness (QED) is 0.386. The van der Waals surface area contributed by atoms with Gasteiger partial charge in [0.15, 0.2) is 0 Å². The van der Waals surface area contributed by atoms with E-state index in [0.717, 1.165) is 50.0 Å². The summed E-state index contributed by atoms with van der Waals surface area (Å²) in [5.41, 5.74) is 5.01. The van der Waals surface area contributed by atoms with Crippen molar-refractivity contribution in [2.75, 3.05) is 19.7 Å². The Morgan fingerprint density at radius 2 is 1.88 bits per heavy atom. The van der Waals surface area contributed by atoms with Crippen molar-refractivity contribution in [2.45, 2.75) is 38.3 Å². The van der Waals surface area contributed by atoms with Crippen LogP contribution in [0.25, 0.3) is 21.7 Å². The number of benzene rings is 3. The zero-order valence-electron chi connectivity index (χ0n) is 18.5. The fourth-order valence-electron chi connectivity index (χ4n) is 5.87. The van der Waals surface area contributed by atoms with Crippen molar-refractivity contribution in [3.8, 4) is 0 Å². The molecular weight excluding hydrogens is 399 g/mol. The van der Waals surface area contributed by atoms with Crippen molar-refractivity contribution in [1.29, 1.82) is 0 Å². The number of rotatable bonds is 5. The summed E-state index contributed by atoms with van der Waals surface area (Å²) in [5.74, 6) is 0.733. The van der Waals surface area contributed by atoms with E-state index in [1.54, 1.807) is 6.07 Å². The van der Waals surface area contributed by atoms with Crippen molar-refractivity contribution >= 4 is 21.7 Å². The molecule has 2 fully saturated rings. The summed E-state index contributed by atoms with van der Waals surface area (Å²) in [5, 5.41) is 3.75. The van der Waals surface area contributed by atoms with Gasteiger partial charge in [-0.3, -0.25) is 4.90 Å². The number of aromatic amines is 1. The number of hydrogen-bond donors (Lipinski definition) is 1. The number of likely N-dealkylation sites (tertiary alicyclic amines) is 1. The van der Waals surface area contributed by atoms with E-state index in [4.69, 9.17) is 4.74 Å². The van der Waals surface area contributed by atoms with E-state index in [1.807, 2.05) is 6.07 Å². The molecule has 0 amide bonds. The summed E-state index contributed by atoms with van der Waals surface area (Å²) in [6.45, 7) is 6.21. The Labute approximate surface area is 188 Å². The molecule has 1 N–H and O–H groups in total. The molecule has 0 aliphatic carbocycles. The van der Waals surface area contributed by atoms with Crippen LogP contribution < -0.4 is 0 Å². The lowest BCUT2D eigenvalue weighted by atomic mass is 9.78. The maximum Gasteiger partial charge on any atom is 0.123 e. The van der Waals surface area contributed by atoms with Crippen molar-refractivity contribution in [3.63, 3.8) is 0 Å². The minimum Gasteiger partial charge on any atom is -0.372 e. The van der Waals surface area contributed by atoms with Gasteiger partial charge in [0, 0.05) is 29.6 Å². The highest BCUT2D eigenvalue weighted by Crippen LogP contribution is 2.43. The smallest absolute Gasteiger partial charge is 0.123 e. The molecule has 32 heavy (non-hydrogen) atoms. The molecule has 2 atom stereocenters. The lowest BCUT2D eigenvalue weighted by Gasteiger charge is -2.36. The summed E-state index contributed by atoms with van der Waals surface area (Å²) in [6, 6.07) is 18.3. The fourth-order valence-corrected chi connectivity index (χ4v) is 5.87. The summed E-state index contributed by atoms with van der Waals surface area (Å²) < 4.78 is 19.8. The van der Waals surface area contributed by atoms with E-state index in [-0.39, 0.29) is 11.9 Å². The lowest BCUT2D eigenvalue weighted by Crippen LogP contribution is -2.36. The van der Waals surface area contributed by atoms with Crippen molar-refractivity contribution in [3.05, 3.63) is 83.3 Å². The summed E-state index contributed by atoms with van der Waals surface area (Å²) >= 11 is 0. The second-order valence-corrected chi connectivity index (χ2v) is 9.54.